The van der Waals surface area contributed by atoms with E-state index in [0.29, 0.717) is 17.3 Å². The molecule has 7 nitrogen and oxygen atoms in total. The average molecular weight is 452 g/mol. The SMILES string of the molecule is CC(=O)Nc1cc(Oc2ccc3c(c2)nc(Nc2ccc(Br)cc2)n3C)ccn1. The number of amides is 1. The van der Waals surface area contributed by atoms with E-state index in [1.54, 1.807) is 18.3 Å². The highest BCUT2D eigenvalue weighted by atomic mass is 79.9. The summed E-state index contributed by atoms with van der Waals surface area (Å²) in [5.74, 6) is 2.21. The van der Waals surface area contributed by atoms with Crippen molar-refractivity contribution in [2.75, 3.05) is 10.6 Å². The van der Waals surface area contributed by atoms with Gasteiger partial charge in [0.15, 0.2) is 0 Å². The zero-order valence-electron chi connectivity index (χ0n) is 15.8. The Labute approximate surface area is 175 Å². The summed E-state index contributed by atoms with van der Waals surface area (Å²) < 4.78 is 8.93. The molecule has 4 rings (SSSR count). The fraction of sp³-hybridized carbons (Fsp3) is 0.0952. The zero-order valence-corrected chi connectivity index (χ0v) is 17.4. The van der Waals surface area contributed by atoms with E-state index in [1.807, 2.05) is 54.1 Å². The lowest BCUT2D eigenvalue weighted by atomic mass is 10.3. The van der Waals surface area contributed by atoms with Gasteiger partial charge in [-0.2, -0.15) is 0 Å². The van der Waals surface area contributed by atoms with Crippen LogP contribution in [0.25, 0.3) is 11.0 Å². The number of aromatic nitrogens is 3. The van der Waals surface area contributed by atoms with Crippen molar-refractivity contribution in [2.24, 2.45) is 7.05 Å². The summed E-state index contributed by atoms with van der Waals surface area (Å²) in [7, 11) is 1.96. The molecule has 4 aromatic rings. The van der Waals surface area contributed by atoms with E-state index in [2.05, 4.69) is 36.5 Å². The Balaban J connectivity index is 1.58. The lowest BCUT2D eigenvalue weighted by Gasteiger charge is -2.07. The minimum atomic E-state index is -0.185. The maximum Gasteiger partial charge on any atom is 0.222 e. The van der Waals surface area contributed by atoms with Gasteiger partial charge in [-0.15, -0.1) is 0 Å². The van der Waals surface area contributed by atoms with Gasteiger partial charge in [0.1, 0.15) is 17.3 Å². The number of fused-ring (bicyclic) bond motifs is 1. The first-order valence-electron chi connectivity index (χ1n) is 8.88. The Hall–Kier alpha value is -3.39. The number of halogens is 1. The lowest BCUT2D eigenvalue weighted by molar-refractivity contribution is -0.114. The topological polar surface area (TPSA) is 81.1 Å². The number of aryl methyl sites for hydroxylation is 1. The lowest BCUT2D eigenvalue weighted by Crippen LogP contribution is -2.07. The van der Waals surface area contributed by atoms with Gasteiger partial charge in [-0.3, -0.25) is 4.79 Å². The number of ether oxygens (including phenoxy) is 1. The third kappa shape index (κ3) is 4.38. The number of nitrogens with zero attached hydrogens (tertiary/aromatic N) is 3. The molecule has 2 aromatic carbocycles. The molecule has 2 aromatic heterocycles. The highest BCUT2D eigenvalue weighted by Gasteiger charge is 2.10. The third-order valence-corrected chi connectivity index (χ3v) is 4.75. The molecule has 8 heteroatoms. The van der Waals surface area contributed by atoms with Crippen molar-refractivity contribution >= 4 is 50.3 Å². The van der Waals surface area contributed by atoms with Gasteiger partial charge in [0.2, 0.25) is 11.9 Å². The molecule has 1 amide bonds. The summed E-state index contributed by atoms with van der Waals surface area (Å²) in [6, 6.07) is 17.0. The molecule has 0 aliphatic carbocycles. The van der Waals surface area contributed by atoms with Crippen LogP contribution in [-0.4, -0.2) is 20.4 Å². The van der Waals surface area contributed by atoms with E-state index in [-0.39, 0.29) is 5.91 Å². The van der Waals surface area contributed by atoms with Gasteiger partial charge in [-0.25, -0.2) is 9.97 Å². The number of hydrogen-bond acceptors (Lipinski definition) is 5. The summed E-state index contributed by atoms with van der Waals surface area (Å²) in [5, 5.41) is 5.97. The Morgan fingerprint density at radius 2 is 1.83 bits per heavy atom. The van der Waals surface area contributed by atoms with E-state index < -0.39 is 0 Å². The van der Waals surface area contributed by atoms with Crippen LogP contribution in [0.3, 0.4) is 0 Å². The first-order chi connectivity index (χ1) is 14.0. The minimum Gasteiger partial charge on any atom is -0.457 e. The number of pyridine rings is 1. The van der Waals surface area contributed by atoms with E-state index >= 15 is 0 Å². The van der Waals surface area contributed by atoms with E-state index in [1.165, 1.54) is 6.92 Å². The minimum absolute atomic E-state index is 0.185. The number of carbonyl (C=O) groups is 1. The molecule has 2 N–H and O–H groups in total. The van der Waals surface area contributed by atoms with Gasteiger partial charge >= 0.3 is 0 Å². The number of benzene rings is 2. The summed E-state index contributed by atoms with van der Waals surface area (Å²) in [6.07, 6.45) is 1.58. The van der Waals surface area contributed by atoms with E-state index in [4.69, 9.17) is 4.74 Å². The molecule has 0 saturated carbocycles. The number of carbonyl (C=O) groups excluding carboxylic acids is 1. The van der Waals surface area contributed by atoms with E-state index in [9.17, 15) is 4.79 Å². The average Bonchev–Trinajstić information content (AvgIpc) is 2.98. The fourth-order valence-corrected chi connectivity index (χ4v) is 3.14. The first kappa shape index (κ1) is 18.9. The van der Waals surface area contributed by atoms with Crippen molar-refractivity contribution in [2.45, 2.75) is 6.92 Å². The Kier molecular flexibility index (Phi) is 5.18. The number of rotatable bonds is 5. The molecule has 0 aliphatic rings. The standard InChI is InChI=1S/C21H18BrN5O2/c1-13(28)24-20-12-17(9-10-23-20)29-16-7-8-19-18(11-16)26-21(27(19)2)25-15-5-3-14(22)4-6-15/h3-12H,1-2H3,(H,25,26)(H,23,24,28). The van der Waals surface area contributed by atoms with Crippen LogP contribution in [-0.2, 0) is 11.8 Å². The summed E-state index contributed by atoms with van der Waals surface area (Å²) in [6.45, 7) is 1.43. The van der Waals surface area contributed by atoms with Crippen molar-refractivity contribution in [1.29, 1.82) is 0 Å². The molecule has 0 atom stereocenters. The second kappa shape index (κ2) is 7.92. The molecule has 0 spiro atoms. The molecule has 2 heterocycles. The van der Waals surface area contributed by atoms with Crippen LogP contribution < -0.4 is 15.4 Å². The van der Waals surface area contributed by atoms with Gasteiger partial charge in [0.25, 0.3) is 0 Å². The number of nitrogens with one attached hydrogen (secondary N) is 2. The monoisotopic (exact) mass is 451 g/mol. The zero-order chi connectivity index (χ0) is 20.4. The molecule has 146 valence electrons. The predicted octanol–water partition coefficient (Wildman–Crippen LogP) is 5.23. The van der Waals surface area contributed by atoms with Gasteiger partial charge in [0, 0.05) is 42.5 Å². The molecule has 0 bridgehead atoms. The maximum atomic E-state index is 11.2. The Bertz CT molecular complexity index is 1190. The quantitative estimate of drug-likeness (QED) is 0.434. The van der Waals surface area contributed by atoms with Gasteiger partial charge in [-0.1, -0.05) is 15.9 Å². The van der Waals surface area contributed by atoms with Crippen LogP contribution in [0.5, 0.6) is 11.5 Å². The summed E-state index contributed by atoms with van der Waals surface area (Å²) >= 11 is 3.44. The molecule has 0 unspecified atom stereocenters. The number of hydrogen-bond donors (Lipinski definition) is 2. The first-order valence-corrected chi connectivity index (χ1v) is 9.68. The second-order valence-electron chi connectivity index (χ2n) is 6.44. The smallest absolute Gasteiger partial charge is 0.222 e. The Morgan fingerprint density at radius 3 is 2.59 bits per heavy atom. The summed E-state index contributed by atoms with van der Waals surface area (Å²) in [4.78, 5) is 20.0. The van der Waals surface area contributed by atoms with Crippen molar-refractivity contribution in [1.82, 2.24) is 14.5 Å². The van der Waals surface area contributed by atoms with Crippen LogP contribution in [0.4, 0.5) is 17.5 Å². The fourth-order valence-electron chi connectivity index (χ4n) is 2.88. The molecule has 0 aliphatic heterocycles. The molecular formula is C21H18BrN5O2. The van der Waals surface area contributed by atoms with Gasteiger partial charge in [0.05, 0.1) is 11.0 Å². The van der Waals surface area contributed by atoms with Crippen LogP contribution in [0.1, 0.15) is 6.92 Å². The molecular weight excluding hydrogens is 434 g/mol. The molecule has 0 fully saturated rings. The van der Waals surface area contributed by atoms with Crippen LogP contribution in [0.15, 0.2) is 65.3 Å². The highest BCUT2D eigenvalue weighted by Crippen LogP contribution is 2.28. The number of anilines is 3. The predicted molar refractivity (Wildman–Crippen MR) is 117 cm³/mol. The van der Waals surface area contributed by atoms with Crippen molar-refractivity contribution in [3.63, 3.8) is 0 Å². The highest BCUT2D eigenvalue weighted by molar-refractivity contribution is 9.10. The number of imidazole rings is 1. The molecule has 0 radical (unpaired) electrons. The second-order valence-corrected chi connectivity index (χ2v) is 7.35. The maximum absolute atomic E-state index is 11.2. The molecule has 29 heavy (non-hydrogen) atoms. The third-order valence-electron chi connectivity index (χ3n) is 4.22. The van der Waals surface area contributed by atoms with Crippen molar-refractivity contribution in [3.8, 4) is 11.5 Å². The van der Waals surface area contributed by atoms with E-state index in [0.717, 1.165) is 27.1 Å². The molecule has 0 saturated heterocycles. The largest absolute Gasteiger partial charge is 0.457 e. The normalized spacial score (nSPS) is 10.7. The summed E-state index contributed by atoms with van der Waals surface area (Å²) in [5.41, 5.74) is 2.73. The van der Waals surface area contributed by atoms with Crippen molar-refractivity contribution < 1.29 is 9.53 Å². The Morgan fingerprint density at radius 1 is 1.07 bits per heavy atom. The van der Waals surface area contributed by atoms with Crippen molar-refractivity contribution in [3.05, 3.63) is 65.3 Å². The van der Waals surface area contributed by atoms with Gasteiger partial charge in [-0.05, 0) is 42.5 Å². The van der Waals surface area contributed by atoms with Crippen LogP contribution in [0.2, 0.25) is 0 Å². The van der Waals surface area contributed by atoms with Crippen LogP contribution >= 0.6 is 15.9 Å². The van der Waals surface area contributed by atoms with Gasteiger partial charge < -0.3 is 19.9 Å². The van der Waals surface area contributed by atoms with Crippen LogP contribution in [0, 0.1) is 0 Å².